The molecule has 0 spiro atoms. The maximum Gasteiger partial charge on any atom is 0.357 e. The minimum Gasteiger partial charge on any atom is -0.465 e. The van der Waals surface area contributed by atoms with E-state index in [1.165, 1.54) is 18.9 Å². The molecule has 0 aliphatic carbocycles. The quantitative estimate of drug-likeness (QED) is 0.382. The van der Waals surface area contributed by atoms with Crippen LogP contribution in [0.4, 0.5) is 0 Å². The van der Waals surface area contributed by atoms with Gasteiger partial charge in [-0.15, -0.1) is 0 Å². The molecule has 0 aliphatic heterocycles. The van der Waals surface area contributed by atoms with E-state index in [1.807, 2.05) is 54.6 Å². The van der Waals surface area contributed by atoms with Crippen LogP contribution < -0.4 is 0 Å². The normalized spacial score (nSPS) is 10.6. The van der Waals surface area contributed by atoms with Gasteiger partial charge in [0.1, 0.15) is 11.3 Å². The van der Waals surface area contributed by atoms with Crippen molar-refractivity contribution >= 4 is 23.5 Å². The van der Waals surface area contributed by atoms with E-state index in [0.717, 1.165) is 11.1 Å². The second kappa shape index (κ2) is 9.08. The topological polar surface area (TPSA) is 70.4 Å². The molecule has 3 aromatic carbocycles. The molecule has 160 valence electrons. The first kappa shape index (κ1) is 21.3. The van der Waals surface area contributed by atoms with E-state index in [1.54, 1.807) is 24.3 Å². The van der Waals surface area contributed by atoms with Gasteiger partial charge >= 0.3 is 11.9 Å². The number of methoxy groups -OCH3 is 2. The summed E-state index contributed by atoms with van der Waals surface area (Å²) in [6, 6.07) is 23.9. The molecule has 0 saturated carbocycles. The summed E-state index contributed by atoms with van der Waals surface area (Å²) < 4.78 is 11.4. The molecule has 0 aliphatic rings. The van der Waals surface area contributed by atoms with Gasteiger partial charge in [-0.25, -0.2) is 14.3 Å². The molecule has 0 fully saturated rings. The summed E-state index contributed by atoms with van der Waals surface area (Å²) in [5.74, 6) is -1.38. The van der Waals surface area contributed by atoms with Crippen molar-refractivity contribution < 1.29 is 19.1 Å². The Balaban J connectivity index is 2.04. The van der Waals surface area contributed by atoms with Gasteiger partial charge in [-0.3, -0.25) is 0 Å². The Bertz CT molecular complexity index is 1280. The molecule has 0 amide bonds. The predicted molar refractivity (Wildman–Crippen MR) is 122 cm³/mol. The second-order valence-corrected chi connectivity index (χ2v) is 7.29. The maximum absolute atomic E-state index is 12.9. The van der Waals surface area contributed by atoms with Gasteiger partial charge in [-0.05, 0) is 35.4 Å². The lowest BCUT2D eigenvalue weighted by molar-refractivity contribution is 0.0549. The van der Waals surface area contributed by atoms with Crippen molar-refractivity contribution in [3.8, 4) is 28.1 Å². The van der Waals surface area contributed by atoms with Crippen LogP contribution in [0.2, 0.25) is 5.02 Å². The number of esters is 2. The minimum absolute atomic E-state index is 0.00791. The Hall–Kier alpha value is -3.90. The summed E-state index contributed by atoms with van der Waals surface area (Å²) in [6.45, 7) is 0. The van der Waals surface area contributed by atoms with Gasteiger partial charge in [0, 0.05) is 10.6 Å². The largest absolute Gasteiger partial charge is 0.465 e. The minimum atomic E-state index is -0.697. The number of ether oxygens (including phenoxy) is 2. The number of carbonyl (C=O) groups excluding carboxylic acids is 2. The lowest BCUT2D eigenvalue weighted by Gasteiger charge is -2.09. The summed E-state index contributed by atoms with van der Waals surface area (Å²) in [4.78, 5) is 25.7. The van der Waals surface area contributed by atoms with E-state index in [4.69, 9.17) is 21.1 Å². The molecule has 0 saturated heterocycles. The number of hydrogen-bond donors (Lipinski definition) is 0. The van der Waals surface area contributed by atoms with Crippen LogP contribution in [0, 0.1) is 0 Å². The molecule has 4 aromatic rings. The first-order valence-electron chi connectivity index (χ1n) is 9.75. The highest BCUT2D eigenvalue weighted by Crippen LogP contribution is 2.36. The summed E-state index contributed by atoms with van der Waals surface area (Å²) in [5, 5.41) is 5.30. The molecule has 4 rings (SSSR count). The summed E-state index contributed by atoms with van der Waals surface area (Å²) in [5.41, 5.74) is 3.31. The van der Waals surface area contributed by atoms with E-state index >= 15 is 0 Å². The molecule has 0 N–H and O–H groups in total. The van der Waals surface area contributed by atoms with Crippen LogP contribution in [0.5, 0.6) is 0 Å². The maximum atomic E-state index is 12.9. The Labute approximate surface area is 190 Å². The Morgan fingerprint density at radius 2 is 1.38 bits per heavy atom. The molecule has 32 heavy (non-hydrogen) atoms. The van der Waals surface area contributed by atoms with Crippen molar-refractivity contribution in [3.63, 3.8) is 0 Å². The Morgan fingerprint density at radius 3 is 2.00 bits per heavy atom. The van der Waals surface area contributed by atoms with Crippen LogP contribution in [0.1, 0.15) is 20.8 Å². The number of rotatable bonds is 5. The standard InChI is InChI=1S/C25H19ClN2O4/c1-31-24(29)21-22(20-11-7-6-10-19(20)16-12-14-17(26)15-13-16)27-28(23(21)25(30)32-2)18-8-4-3-5-9-18/h3-15H,1-2H3. The van der Waals surface area contributed by atoms with E-state index < -0.39 is 11.9 Å². The third-order valence-electron chi connectivity index (χ3n) is 4.99. The number of carbonyl (C=O) groups is 2. The fraction of sp³-hybridized carbons (Fsp3) is 0.0800. The molecular formula is C25H19ClN2O4. The van der Waals surface area contributed by atoms with E-state index in [2.05, 4.69) is 5.10 Å². The number of hydrogen-bond acceptors (Lipinski definition) is 5. The van der Waals surface area contributed by atoms with E-state index in [0.29, 0.717) is 22.0 Å². The molecule has 0 radical (unpaired) electrons. The highest BCUT2D eigenvalue weighted by Gasteiger charge is 2.32. The van der Waals surface area contributed by atoms with Crippen molar-refractivity contribution in [2.75, 3.05) is 14.2 Å². The van der Waals surface area contributed by atoms with Gasteiger partial charge in [0.2, 0.25) is 0 Å². The predicted octanol–water partition coefficient (Wildman–Crippen LogP) is 5.43. The van der Waals surface area contributed by atoms with Crippen LogP contribution in [0.3, 0.4) is 0 Å². The van der Waals surface area contributed by atoms with E-state index in [9.17, 15) is 9.59 Å². The van der Waals surface area contributed by atoms with Crippen molar-refractivity contribution in [3.05, 3.63) is 95.1 Å². The third kappa shape index (κ3) is 3.88. The SMILES string of the molecule is COC(=O)c1c(-c2ccccc2-c2ccc(Cl)cc2)nn(-c2ccccc2)c1C(=O)OC. The van der Waals surface area contributed by atoms with Gasteiger partial charge < -0.3 is 9.47 Å². The van der Waals surface area contributed by atoms with Crippen molar-refractivity contribution in [2.24, 2.45) is 0 Å². The number of para-hydroxylation sites is 1. The van der Waals surface area contributed by atoms with Crippen molar-refractivity contribution in [1.82, 2.24) is 9.78 Å². The lowest BCUT2D eigenvalue weighted by Crippen LogP contribution is -2.15. The summed E-state index contributed by atoms with van der Waals surface area (Å²) >= 11 is 6.06. The van der Waals surface area contributed by atoms with Gasteiger partial charge in [0.15, 0.2) is 5.69 Å². The fourth-order valence-electron chi connectivity index (χ4n) is 3.51. The zero-order valence-electron chi connectivity index (χ0n) is 17.4. The zero-order chi connectivity index (χ0) is 22.7. The fourth-order valence-corrected chi connectivity index (χ4v) is 3.64. The lowest BCUT2D eigenvalue weighted by atomic mass is 9.95. The molecule has 1 aromatic heterocycles. The van der Waals surface area contributed by atoms with Crippen molar-refractivity contribution in [1.29, 1.82) is 0 Å². The Morgan fingerprint density at radius 1 is 0.781 bits per heavy atom. The second-order valence-electron chi connectivity index (χ2n) is 6.86. The molecule has 0 bridgehead atoms. The van der Waals surface area contributed by atoms with Gasteiger partial charge in [-0.1, -0.05) is 66.2 Å². The molecule has 0 atom stereocenters. The highest BCUT2D eigenvalue weighted by molar-refractivity contribution is 6.30. The molecule has 7 heteroatoms. The Kier molecular flexibility index (Phi) is 6.05. The number of aromatic nitrogens is 2. The van der Waals surface area contributed by atoms with Crippen LogP contribution in [0.25, 0.3) is 28.1 Å². The van der Waals surface area contributed by atoms with Gasteiger partial charge in [-0.2, -0.15) is 5.10 Å². The van der Waals surface area contributed by atoms with Crippen molar-refractivity contribution in [2.45, 2.75) is 0 Å². The van der Waals surface area contributed by atoms with Crippen LogP contribution in [-0.4, -0.2) is 35.9 Å². The van der Waals surface area contributed by atoms with Gasteiger partial charge in [0.05, 0.1) is 19.9 Å². The molecular weight excluding hydrogens is 428 g/mol. The van der Waals surface area contributed by atoms with Crippen LogP contribution in [0.15, 0.2) is 78.9 Å². The highest BCUT2D eigenvalue weighted by atomic mass is 35.5. The smallest absolute Gasteiger partial charge is 0.357 e. The summed E-state index contributed by atoms with van der Waals surface area (Å²) in [6.07, 6.45) is 0. The zero-order valence-corrected chi connectivity index (χ0v) is 18.2. The number of benzene rings is 3. The molecule has 6 nitrogen and oxygen atoms in total. The monoisotopic (exact) mass is 446 g/mol. The molecule has 0 unspecified atom stereocenters. The number of halogens is 1. The summed E-state index contributed by atoms with van der Waals surface area (Å²) in [7, 11) is 2.52. The average molecular weight is 447 g/mol. The van der Waals surface area contributed by atoms with Gasteiger partial charge in [0.25, 0.3) is 0 Å². The average Bonchev–Trinajstić information content (AvgIpc) is 3.24. The molecule has 1 heterocycles. The van der Waals surface area contributed by atoms with Crippen LogP contribution >= 0.6 is 11.6 Å². The van der Waals surface area contributed by atoms with Crippen LogP contribution in [-0.2, 0) is 9.47 Å². The first-order chi connectivity index (χ1) is 15.5. The third-order valence-corrected chi connectivity index (χ3v) is 5.24. The first-order valence-corrected chi connectivity index (χ1v) is 10.1. The van der Waals surface area contributed by atoms with E-state index in [-0.39, 0.29) is 11.3 Å². The number of nitrogens with zero attached hydrogens (tertiary/aromatic N) is 2.